The van der Waals surface area contributed by atoms with Gasteiger partial charge in [0.05, 0.1) is 13.7 Å². The number of rotatable bonds is 6. The molecule has 0 saturated heterocycles. The third kappa shape index (κ3) is 4.88. The maximum Gasteiger partial charge on any atom is 0.191 e. The van der Waals surface area contributed by atoms with Gasteiger partial charge in [0, 0.05) is 12.6 Å². The highest BCUT2D eigenvalue weighted by Gasteiger charge is 2.03. The number of benzene rings is 2. The molecule has 1 atom stereocenters. The normalized spacial score (nSPS) is 13.0. The van der Waals surface area contributed by atoms with Gasteiger partial charge in [-0.25, -0.2) is 4.99 Å². The molecular weight excluding hydrogens is 286 g/mol. The standard InChI is InChI=1S/C19H27N3O/c1-5-14(3)22-19(20-6-2)21-13-15-7-8-17-12-18(23-4)10-9-16(17)11-15/h7-12,14H,5-6,13H2,1-4H3,(H2,20,21,22). The van der Waals surface area contributed by atoms with Gasteiger partial charge in [0.25, 0.3) is 0 Å². The topological polar surface area (TPSA) is 45.7 Å². The lowest BCUT2D eigenvalue weighted by atomic mass is 10.1. The molecule has 0 aromatic heterocycles. The lowest BCUT2D eigenvalue weighted by Crippen LogP contribution is -2.41. The molecule has 0 aliphatic carbocycles. The van der Waals surface area contributed by atoms with E-state index < -0.39 is 0 Å². The highest BCUT2D eigenvalue weighted by Crippen LogP contribution is 2.22. The van der Waals surface area contributed by atoms with E-state index in [4.69, 9.17) is 4.74 Å². The number of fused-ring (bicyclic) bond motifs is 1. The Kier molecular flexibility index (Phi) is 6.27. The fourth-order valence-corrected chi connectivity index (χ4v) is 2.32. The van der Waals surface area contributed by atoms with Crippen molar-refractivity contribution in [2.24, 2.45) is 4.99 Å². The number of hydrogen-bond acceptors (Lipinski definition) is 2. The molecule has 0 fully saturated rings. The van der Waals surface area contributed by atoms with Crippen molar-refractivity contribution >= 4 is 16.7 Å². The van der Waals surface area contributed by atoms with Crippen LogP contribution in [-0.2, 0) is 6.54 Å². The zero-order valence-electron chi connectivity index (χ0n) is 14.5. The molecular formula is C19H27N3O. The third-order valence-electron chi connectivity index (χ3n) is 3.87. The van der Waals surface area contributed by atoms with Crippen molar-refractivity contribution in [3.63, 3.8) is 0 Å². The minimum absolute atomic E-state index is 0.414. The van der Waals surface area contributed by atoms with E-state index >= 15 is 0 Å². The predicted molar refractivity (Wildman–Crippen MR) is 98.2 cm³/mol. The Hall–Kier alpha value is -2.23. The van der Waals surface area contributed by atoms with Crippen molar-refractivity contribution in [1.82, 2.24) is 10.6 Å². The van der Waals surface area contributed by atoms with Crippen LogP contribution in [0.4, 0.5) is 0 Å². The molecule has 2 N–H and O–H groups in total. The van der Waals surface area contributed by atoms with Crippen molar-refractivity contribution in [3.05, 3.63) is 42.0 Å². The maximum atomic E-state index is 5.27. The summed E-state index contributed by atoms with van der Waals surface area (Å²) in [6, 6.07) is 13.0. The molecule has 4 heteroatoms. The van der Waals surface area contributed by atoms with E-state index in [1.54, 1.807) is 7.11 Å². The molecule has 4 nitrogen and oxygen atoms in total. The van der Waals surface area contributed by atoms with Crippen LogP contribution in [0, 0.1) is 0 Å². The number of aliphatic imine (C=N–C) groups is 1. The number of hydrogen-bond donors (Lipinski definition) is 2. The largest absolute Gasteiger partial charge is 0.497 e. The number of nitrogens with one attached hydrogen (secondary N) is 2. The van der Waals surface area contributed by atoms with Crippen LogP contribution < -0.4 is 15.4 Å². The Morgan fingerprint density at radius 2 is 1.87 bits per heavy atom. The Morgan fingerprint density at radius 3 is 2.57 bits per heavy atom. The number of guanidine groups is 1. The molecule has 0 spiro atoms. The van der Waals surface area contributed by atoms with Gasteiger partial charge < -0.3 is 15.4 Å². The highest BCUT2D eigenvalue weighted by atomic mass is 16.5. The molecule has 0 radical (unpaired) electrons. The Labute approximate surface area is 139 Å². The molecule has 2 rings (SSSR count). The second kappa shape index (κ2) is 8.42. The quantitative estimate of drug-likeness (QED) is 0.631. The van der Waals surface area contributed by atoms with Crippen LogP contribution in [0.1, 0.15) is 32.8 Å². The minimum atomic E-state index is 0.414. The average molecular weight is 313 g/mol. The molecule has 0 heterocycles. The molecule has 124 valence electrons. The van der Waals surface area contributed by atoms with Crippen LogP contribution >= 0.6 is 0 Å². The molecule has 23 heavy (non-hydrogen) atoms. The summed E-state index contributed by atoms with van der Waals surface area (Å²) in [7, 11) is 1.69. The summed E-state index contributed by atoms with van der Waals surface area (Å²) < 4.78 is 5.27. The average Bonchev–Trinajstić information content (AvgIpc) is 2.59. The van der Waals surface area contributed by atoms with Crippen LogP contribution in [0.3, 0.4) is 0 Å². The van der Waals surface area contributed by atoms with Gasteiger partial charge in [-0.3, -0.25) is 0 Å². The van der Waals surface area contributed by atoms with E-state index in [-0.39, 0.29) is 0 Å². The van der Waals surface area contributed by atoms with Gasteiger partial charge in [-0.15, -0.1) is 0 Å². The first-order valence-corrected chi connectivity index (χ1v) is 8.27. The molecule has 0 aliphatic rings. The SMILES string of the molecule is CCNC(=NCc1ccc2cc(OC)ccc2c1)NC(C)CC. The smallest absolute Gasteiger partial charge is 0.191 e. The Balaban J connectivity index is 2.14. The van der Waals surface area contributed by atoms with Gasteiger partial charge in [0.1, 0.15) is 5.75 Å². The minimum Gasteiger partial charge on any atom is -0.497 e. The van der Waals surface area contributed by atoms with Crippen molar-refractivity contribution in [1.29, 1.82) is 0 Å². The number of nitrogens with zero attached hydrogens (tertiary/aromatic N) is 1. The third-order valence-corrected chi connectivity index (χ3v) is 3.87. The van der Waals surface area contributed by atoms with Gasteiger partial charge in [-0.05, 0) is 54.8 Å². The number of ether oxygens (including phenoxy) is 1. The van der Waals surface area contributed by atoms with E-state index in [0.29, 0.717) is 12.6 Å². The number of methoxy groups -OCH3 is 1. The van der Waals surface area contributed by atoms with Gasteiger partial charge in [-0.2, -0.15) is 0 Å². The monoisotopic (exact) mass is 313 g/mol. The fourth-order valence-electron chi connectivity index (χ4n) is 2.32. The van der Waals surface area contributed by atoms with Crippen LogP contribution in [-0.4, -0.2) is 25.7 Å². The molecule has 0 aliphatic heterocycles. The van der Waals surface area contributed by atoms with E-state index in [1.807, 2.05) is 6.07 Å². The summed E-state index contributed by atoms with van der Waals surface area (Å²) in [6.45, 7) is 7.93. The molecule has 0 bridgehead atoms. The van der Waals surface area contributed by atoms with E-state index in [9.17, 15) is 0 Å². The Morgan fingerprint density at radius 1 is 1.13 bits per heavy atom. The van der Waals surface area contributed by atoms with E-state index in [1.165, 1.54) is 16.3 Å². The maximum absolute atomic E-state index is 5.27. The fraction of sp³-hybridized carbons (Fsp3) is 0.421. The van der Waals surface area contributed by atoms with Crippen LogP contribution in [0.25, 0.3) is 10.8 Å². The zero-order valence-corrected chi connectivity index (χ0v) is 14.5. The molecule has 0 saturated carbocycles. The Bertz CT molecular complexity index is 667. The van der Waals surface area contributed by atoms with Crippen molar-refractivity contribution in [3.8, 4) is 5.75 Å². The van der Waals surface area contributed by atoms with Crippen LogP contribution in [0.15, 0.2) is 41.4 Å². The van der Waals surface area contributed by atoms with Gasteiger partial charge in [0.2, 0.25) is 0 Å². The summed E-state index contributed by atoms with van der Waals surface area (Å²) in [5, 5.41) is 9.09. The van der Waals surface area contributed by atoms with Crippen LogP contribution in [0.5, 0.6) is 5.75 Å². The summed E-state index contributed by atoms with van der Waals surface area (Å²) in [4.78, 5) is 4.68. The van der Waals surface area contributed by atoms with Crippen molar-refractivity contribution < 1.29 is 4.74 Å². The van der Waals surface area contributed by atoms with Gasteiger partial charge in [0.15, 0.2) is 5.96 Å². The summed E-state index contributed by atoms with van der Waals surface area (Å²) in [5.74, 6) is 1.76. The molecule has 0 amide bonds. The van der Waals surface area contributed by atoms with E-state index in [2.05, 4.69) is 66.7 Å². The van der Waals surface area contributed by atoms with Crippen LogP contribution in [0.2, 0.25) is 0 Å². The molecule has 2 aromatic carbocycles. The van der Waals surface area contributed by atoms with Crippen molar-refractivity contribution in [2.45, 2.75) is 39.8 Å². The van der Waals surface area contributed by atoms with E-state index in [0.717, 1.165) is 24.7 Å². The second-order valence-electron chi connectivity index (χ2n) is 5.70. The molecule has 2 aromatic rings. The second-order valence-corrected chi connectivity index (χ2v) is 5.70. The lowest BCUT2D eigenvalue weighted by molar-refractivity contribution is 0.415. The van der Waals surface area contributed by atoms with Crippen molar-refractivity contribution in [2.75, 3.05) is 13.7 Å². The zero-order chi connectivity index (χ0) is 16.7. The first kappa shape index (κ1) is 17.1. The summed E-state index contributed by atoms with van der Waals surface area (Å²) in [6.07, 6.45) is 1.07. The molecule has 1 unspecified atom stereocenters. The lowest BCUT2D eigenvalue weighted by Gasteiger charge is -2.16. The highest BCUT2D eigenvalue weighted by molar-refractivity contribution is 5.84. The summed E-state index contributed by atoms with van der Waals surface area (Å²) >= 11 is 0. The van der Waals surface area contributed by atoms with Gasteiger partial charge in [-0.1, -0.05) is 25.1 Å². The van der Waals surface area contributed by atoms with Gasteiger partial charge >= 0.3 is 0 Å². The first-order valence-electron chi connectivity index (χ1n) is 8.27. The first-order chi connectivity index (χ1) is 11.2. The predicted octanol–water partition coefficient (Wildman–Crippen LogP) is 3.70. The summed E-state index contributed by atoms with van der Waals surface area (Å²) in [5.41, 5.74) is 1.20.